The van der Waals surface area contributed by atoms with E-state index in [0.29, 0.717) is 18.1 Å². The molecule has 0 saturated heterocycles. The van der Waals surface area contributed by atoms with Crippen molar-refractivity contribution in [2.45, 2.75) is 19.7 Å². The normalized spacial score (nSPS) is 10.5. The van der Waals surface area contributed by atoms with Gasteiger partial charge in [-0.15, -0.1) is 11.6 Å². The van der Waals surface area contributed by atoms with Crippen molar-refractivity contribution >= 4 is 23.0 Å². The van der Waals surface area contributed by atoms with Crippen LogP contribution in [0.3, 0.4) is 0 Å². The molecule has 2 aromatic carbocycles. The summed E-state index contributed by atoms with van der Waals surface area (Å²) >= 11 is 5.83. The van der Waals surface area contributed by atoms with E-state index in [1.54, 1.807) is 12.1 Å². The van der Waals surface area contributed by atoms with E-state index >= 15 is 0 Å². The Hall–Kier alpha value is -1.54. The lowest BCUT2D eigenvalue weighted by atomic mass is 10.1. The summed E-state index contributed by atoms with van der Waals surface area (Å²) in [6.45, 7) is 4.75. The molecular weight excluding hydrogens is 261 g/mol. The van der Waals surface area contributed by atoms with Gasteiger partial charge in [0.05, 0.1) is 5.69 Å². The molecule has 0 heterocycles. The number of nitrogens with zero attached hydrogens (tertiary/aromatic N) is 1. The number of alkyl halides is 1. The van der Waals surface area contributed by atoms with Gasteiger partial charge in [-0.3, -0.25) is 0 Å². The third kappa shape index (κ3) is 2.90. The molecule has 0 saturated carbocycles. The summed E-state index contributed by atoms with van der Waals surface area (Å²) in [5.41, 5.74) is 3.80. The van der Waals surface area contributed by atoms with E-state index in [1.807, 2.05) is 43.0 Å². The van der Waals surface area contributed by atoms with Gasteiger partial charge >= 0.3 is 0 Å². The highest BCUT2D eigenvalue weighted by Gasteiger charge is 2.13. The summed E-state index contributed by atoms with van der Waals surface area (Å²) < 4.78 is 13.9. The van der Waals surface area contributed by atoms with E-state index < -0.39 is 0 Å². The van der Waals surface area contributed by atoms with E-state index in [2.05, 4.69) is 0 Å². The fraction of sp³-hybridized carbons (Fsp3) is 0.250. The molecule has 0 aliphatic heterocycles. The van der Waals surface area contributed by atoms with Gasteiger partial charge in [-0.05, 0) is 43.2 Å². The van der Waals surface area contributed by atoms with E-state index in [1.165, 1.54) is 6.07 Å². The SMILES string of the molecule is CCN(c1ccc(CCl)cc1C)c1ccccc1F. The standard InChI is InChI=1S/C16H17ClFN/c1-3-19(16-7-5-4-6-14(16)18)15-9-8-13(11-17)10-12(15)2/h4-10H,3,11H2,1-2H3. The summed E-state index contributed by atoms with van der Waals surface area (Å²) in [5.74, 6) is 0.289. The Morgan fingerprint density at radius 3 is 2.42 bits per heavy atom. The highest BCUT2D eigenvalue weighted by molar-refractivity contribution is 6.17. The lowest BCUT2D eigenvalue weighted by molar-refractivity contribution is 0.625. The smallest absolute Gasteiger partial charge is 0.146 e. The molecule has 0 fully saturated rings. The molecule has 1 nitrogen and oxygen atoms in total. The molecule has 2 aromatic rings. The van der Waals surface area contributed by atoms with Crippen LogP contribution in [0.2, 0.25) is 0 Å². The van der Waals surface area contributed by atoms with Crippen LogP contribution in [0.25, 0.3) is 0 Å². The zero-order chi connectivity index (χ0) is 13.8. The minimum Gasteiger partial charge on any atom is -0.339 e. The second-order valence-electron chi connectivity index (χ2n) is 4.45. The summed E-state index contributed by atoms with van der Waals surface area (Å²) in [7, 11) is 0. The molecule has 0 aliphatic carbocycles. The first-order valence-electron chi connectivity index (χ1n) is 6.35. The van der Waals surface area contributed by atoms with Gasteiger partial charge in [-0.2, -0.15) is 0 Å². The maximum Gasteiger partial charge on any atom is 0.146 e. The molecule has 0 atom stereocenters. The predicted octanol–water partition coefficient (Wildman–Crippen LogP) is 5.03. The quantitative estimate of drug-likeness (QED) is 0.709. The van der Waals surface area contributed by atoms with Crippen molar-refractivity contribution in [3.63, 3.8) is 0 Å². The molecule has 0 unspecified atom stereocenters. The van der Waals surface area contributed by atoms with Gasteiger partial charge in [0.15, 0.2) is 0 Å². The first kappa shape index (κ1) is 13.9. The minimum atomic E-state index is -0.204. The van der Waals surface area contributed by atoms with Crippen molar-refractivity contribution in [2.75, 3.05) is 11.4 Å². The van der Waals surface area contributed by atoms with Crippen LogP contribution >= 0.6 is 11.6 Å². The first-order chi connectivity index (χ1) is 9.17. The van der Waals surface area contributed by atoms with Crippen LogP contribution in [0.1, 0.15) is 18.1 Å². The monoisotopic (exact) mass is 277 g/mol. The van der Waals surface area contributed by atoms with Crippen LogP contribution in [0.4, 0.5) is 15.8 Å². The number of benzene rings is 2. The number of hydrogen-bond acceptors (Lipinski definition) is 1. The summed E-state index contributed by atoms with van der Waals surface area (Å²) in [6.07, 6.45) is 0. The molecule has 0 radical (unpaired) electrons. The Morgan fingerprint density at radius 2 is 1.84 bits per heavy atom. The van der Waals surface area contributed by atoms with Crippen molar-refractivity contribution in [1.29, 1.82) is 0 Å². The van der Waals surface area contributed by atoms with Crippen molar-refractivity contribution in [3.05, 3.63) is 59.4 Å². The number of halogens is 2. The molecular formula is C16H17ClFN. The predicted molar refractivity (Wildman–Crippen MR) is 79.8 cm³/mol. The van der Waals surface area contributed by atoms with Crippen molar-refractivity contribution in [3.8, 4) is 0 Å². The zero-order valence-corrected chi connectivity index (χ0v) is 11.9. The molecule has 19 heavy (non-hydrogen) atoms. The van der Waals surface area contributed by atoms with Crippen LogP contribution < -0.4 is 4.90 Å². The van der Waals surface area contributed by atoms with E-state index in [0.717, 1.165) is 16.8 Å². The maximum absolute atomic E-state index is 13.9. The van der Waals surface area contributed by atoms with Crippen molar-refractivity contribution in [2.24, 2.45) is 0 Å². The zero-order valence-electron chi connectivity index (χ0n) is 11.2. The summed E-state index contributed by atoms with van der Waals surface area (Å²) in [6, 6.07) is 12.9. The van der Waals surface area contributed by atoms with Gasteiger partial charge in [-0.1, -0.05) is 24.3 Å². The summed E-state index contributed by atoms with van der Waals surface area (Å²) in [5, 5.41) is 0. The van der Waals surface area contributed by atoms with Gasteiger partial charge in [0, 0.05) is 18.1 Å². The maximum atomic E-state index is 13.9. The molecule has 0 spiro atoms. The highest BCUT2D eigenvalue weighted by atomic mass is 35.5. The average Bonchev–Trinajstić information content (AvgIpc) is 2.43. The molecule has 0 aliphatic rings. The molecule has 0 amide bonds. The fourth-order valence-electron chi connectivity index (χ4n) is 2.24. The highest BCUT2D eigenvalue weighted by Crippen LogP contribution is 2.30. The summed E-state index contributed by atoms with van der Waals surface area (Å²) in [4.78, 5) is 1.97. The average molecular weight is 278 g/mol. The van der Waals surface area contributed by atoms with Crippen LogP contribution in [-0.2, 0) is 5.88 Å². The van der Waals surface area contributed by atoms with E-state index in [9.17, 15) is 4.39 Å². The number of anilines is 2. The Morgan fingerprint density at radius 1 is 1.11 bits per heavy atom. The van der Waals surface area contributed by atoms with Gasteiger partial charge in [0.25, 0.3) is 0 Å². The van der Waals surface area contributed by atoms with Gasteiger partial charge < -0.3 is 4.90 Å². The van der Waals surface area contributed by atoms with Crippen molar-refractivity contribution < 1.29 is 4.39 Å². The van der Waals surface area contributed by atoms with E-state index in [4.69, 9.17) is 11.6 Å². The van der Waals surface area contributed by atoms with Crippen LogP contribution in [0, 0.1) is 12.7 Å². The van der Waals surface area contributed by atoms with Crippen LogP contribution in [0.5, 0.6) is 0 Å². The van der Waals surface area contributed by atoms with E-state index in [-0.39, 0.29) is 5.82 Å². The topological polar surface area (TPSA) is 3.24 Å². The van der Waals surface area contributed by atoms with Crippen LogP contribution in [-0.4, -0.2) is 6.54 Å². The lowest BCUT2D eigenvalue weighted by Gasteiger charge is -2.25. The minimum absolute atomic E-state index is 0.204. The number of hydrogen-bond donors (Lipinski definition) is 0. The molecule has 0 bridgehead atoms. The second-order valence-corrected chi connectivity index (χ2v) is 4.72. The Balaban J connectivity index is 2.46. The Labute approximate surface area is 118 Å². The second kappa shape index (κ2) is 6.07. The molecule has 2 rings (SSSR count). The third-order valence-electron chi connectivity index (χ3n) is 3.17. The van der Waals surface area contributed by atoms with Gasteiger partial charge in [-0.25, -0.2) is 4.39 Å². The molecule has 100 valence electrons. The fourth-order valence-corrected chi connectivity index (χ4v) is 2.41. The largest absolute Gasteiger partial charge is 0.339 e. The first-order valence-corrected chi connectivity index (χ1v) is 6.88. The number of rotatable bonds is 4. The Kier molecular flexibility index (Phi) is 4.43. The molecule has 0 N–H and O–H groups in total. The van der Waals surface area contributed by atoms with Crippen molar-refractivity contribution in [1.82, 2.24) is 0 Å². The van der Waals surface area contributed by atoms with Gasteiger partial charge in [0.2, 0.25) is 0 Å². The van der Waals surface area contributed by atoms with Crippen LogP contribution in [0.15, 0.2) is 42.5 Å². The Bertz CT molecular complexity index is 568. The number of para-hydroxylation sites is 1. The van der Waals surface area contributed by atoms with Gasteiger partial charge in [0.1, 0.15) is 5.82 Å². The molecule has 3 heteroatoms. The third-order valence-corrected chi connectivity index (χ3v) is 3.47. The lowest BCUT2D eigenvalue weighted by Crippen LogP contribution is -2.18. The number of aryl methyl sites for hydroxylation is 1. The molecule has 0 aromatic heterocycles.